The Bertz CT molecular complexity index is 1390. The van der Waals surface area contributed by atoms with Gasteiger partial charge in [0.05, 0.1) is 35.3 Å². The van der Waals surface area contributed by atoms with Crippen LogP contribution >= 0.6 is 0 Å². The van der Waals surface area contributed by atoms with Crippen molar-refractivity contribution in [3.05, 3.63) is 54.5 Å². The van der Waals surface area contributed by atoms with Crippen LogP contribution in [0.15, 0.2) is 58.0 Å². The fourth-order valence-electron chi connectivity index (χ4n) is 4.02. The van der Waals surface area contributed by atoms with Crippen molar-refractivity contribution in [2.24, 2.45) is 22.1 Å². The van der Waals surface area contributed by atoms with Gasteiger partial charge in [-0.1, -0.05) is 16.4 Å². The van der Waals surface area contributed by atoms with Crippen LogP contribution in [0.4, 0.5) is 5.82 Å². The van der Waals surface area contributed by atoms with Gasteiger partial charge in [0, 0.05) is 26.5 Å². The number of nitrogens with zero attached hydrogens (tertiary/aromatic N) is 10. The summed E-state index contributed by atoms with van der Waals surface area (Å²) in [5.74, 6) is 6.63. The molecule has 1 atom stereocenters. The van der Waals surface area contributed by atoms with Gasteiger partial charge >= 0.3 is 0 Å². The third-order valence-corrected chi connectivity index (χ3v) is 6.38. The van der Waals surface area contributed by atoms with Gasteiger partial charge in [0.15, 0.2) is 11.6 Å². The number of hydrogen-bond donors (Lipinski definition) is 1. The van der Waals surface area contributed by atoms with E-state index in [0.29, 0.717) is 40.4 Å². The Balaban J connectivity index is 1.39. The number of hydrogen-bond acceptors (Lipinski definition) is 10. The molecule has 1 aliphatic rings. The third kappa shape index (κ3) is 4.42. The molecule has 1 saturated carbocycles. The minimum Gasteiger partial charge on any atom is -0.347 e. The Morgan fingerprint density at radius 2 is 1.97 bits per heavy atom. The molecule has 0 saturated heterocycles. The summed E-state index contributed by atoms with van der Waals surface area (Å²) < 4.78 is 7.17. The van der Waals surface area contributed by atoms with Crippen molar-refractivity contribution in [3.63, 3.8) is 0 Å². The van der Waals surface area contributed by atoms with Gasteiger partial charge in [-0.3, -0.25) is 14.5 Å². The molecule has 184 valence electrons. The molecule has 13 nitrogen and oxygen atoms in total. The first kappa shape index (κ1) is 23.2. The summed E-state index contributed by atoms with van der Waals surface area (Å²) in [5.41, 5.74) is 2.45. The van der Waals surface area contributed by atoms with Gasteiger partial charge in [0.2, 0.25) is 5.91 Å². The van der Waals surface area contributed by atoms with Crippen LogP contribution in [0.1, 0.15) is 31.2 Å². The molecule has 4 heterocycles. The van der Waals surface area contributed by atoms with Gasteiger partial charge in [-0.25, -0.2) is 9.97 Å². The van der Waals surface area contributed by atoms with Crippen molar-refractivity contribution in [1.29, 1.82) is 0 Å². The fraction of sp³-hybridized carbons (Fsp3) is 0.348. The van der Waals surface area contributed by atoms with Crippen LogP contribution in [-0.4, -0.2) is 59.8 Å². The molecule has 0 aliphatic heterocycles. The van der Waals surface area contributed by atoms with E-state index in [-0.39, 0.29) is 12.5 Å². The molecule has 2 N–H and O–H groups in total. The molecule has 0 unspecified atom stereocenters. The lowest BCUT2D eigenvalue weighted by molar-refractivity contribution is -0.129. The third-order valence-electron chi connectivity index (χ3n) is 6.38. The summed E-state index contributed by atoms with van der Waals surface area (Å²) in [6.07, 6.45) is 10.4. The van der Waals surface area contributed by atoms with Gasteiger partial charge < -0.3 is 15.3 Å². The second kappa shape index (κ2) is 9.24. The Hall–Kier alpha value is -4.55. The smallest absolute Gasteiger partial charge is 0.261 e. The van der Waals surface area contributed by atoms with E-state index in [0.717, 1.165) is 18.4 Å². The predicted molar refractivity (Wildman–Crippen MR) is 127 cm³/mol. The van der Waals surface area contributed by atoms with Crippen LogP contribution < -0.4 is 5.84 Å². The highest BCUT2D eigenvalue weighted by molar-refractivity contribution is 5.75. The number of nitrogens with two attached hydrogens (primary N) is 1. The zero-order chi connectivity index (χ0) is 25.3. The number of pyridine rings is 1. The summed E-state index contributed by atoms with van der Waals surface area (Å²) >= 11 is 0. The summed E-state index contributed by atoms with van der Waals surface area (Å²) in [6, 6.07) is 3.91. The average molecular weight is 488 g/mol. The Labute approximate surface area is 206 Å². The highest BCUT2D eigenvalue weighted by Crippen LogP contribution is 2.50. The monoisotopic (exact) mass is 487 g/mol. The molecule has 1 fully saturated rings. The van der Waals surface area contributed by atoms with Crippen LogP contribution in [0, 0.1) is 5.92 Å². The minimum atomic E-state index is -0.471. The standard InChI is InChI=1S/C23H25N11O2/c1-23(15-4-5-15,16-6-7-17(25-9-16)18-10-27-19(11-26-18)30-32-24)22-29-21(36-31-22)14-8-28-34(12-14)13-20(35)33(2)3/h6-12,15H,4-5,13H2,1-3H3,(H2,24,27,30)/t23-/m0/s1. The lowest BCUT2D eigenvalue weighted by Gasteiger charge is -2.26. The molecule has 5 rings (SSSR count). The summed E-state index contributed by atoms with van der Waals surface area (Å²) in [4.78, 5) is 31.3. The van der Waals surface area contributed by atoms with E-state index in [4.69, 9.17) is 15.3 Å². The van der Waals surface area contributed by atoms with Crippen LogP contribution in [0.3, 0.4) is 0 Å². The average Bonchev–Trinajstić information content (AvgIpc) is 3.44. The maximum Gasteiger partial charge on any atom is 0.261 e. The largest absolute Gasteiger partial charge is 0.347 e. The quantitative estimate of drug-likeness (QED) is 0.223. The topological polar surface area (TPSA) is 166 Å². The molecule has 1 amide bonds. The lowest BCUT2D eigenvalue weighted by atomic mass is 9.77. The highest BCUT2D eigenvalue weighted by Gasteiger charge is 2.47. The van der Waals surface area contributed by atoms with Gasteiger partial charge in [-0.05, 0) is 37.3 Å². The SMILES string of the molecule is CN(C)C(=O)Cn1cc(-c2nc([C@](C)(c3ccc(-c4cnc(N=NN)cn4)nc3)C3CC3)no2)cn1. The van der Waals surface area contributed by atoms with Gasteiger partial charge in [-0.15, -0.1) is 5.11 Å². The molecule has 0 spiro atoms. The maximum atomic E-state index is 12.0. The van der Waals surface area contributed by atoms with Crippen LogP contribution in [0.5, 0.6) is 0 Å². The minimum absolute atomic E-state index is 0.0591. The predicted octanol–water partition coefficient (Wildman–Crippen LogP) is 2.55. The molecule has 1 aliphatic carbocycles. The molecule has 0 aromatic carbocycles. The van der Waals surface area contributed by atoms with E-state index in [1.54, 1.807) is 37.4 Å². The summed E-state index contributed by atoms with van der Waals surface area (Å²) in [5, 5.41) is 15.4. The van der Waals surface area contributed by atoms with Gasteiger partial charge in [0.1, 0.15) is 12.2 Å². The zero-order valence-corrected chi connectivity index (χ0v) is 20.1. The number of likely N-dealkylation sites (N-methyl/N-ethyl adjacent to an activating group) is 1. The van der Waals surface area contributed by atoms with Crippen molar-refractivity contribution in [1.82, 2.24) is 39.8 Å². The molecule has 36 heavy (non-hydrogen) atoms. The zero-order valence-electron chi connectivity index (χ0n) is 20.1. The molecule has 4 aromatic heterocycles. The molecular weight excluding hydrogens is 462 g/mol. The summed E-state index contributed by atoms with van der Waals surface area (Å²) in [6.45, 7) is 2.25. The van der Waals surface area contributed by atoms with Crippen molar-refractivity contribution < 1.29 is 9.32 Å². The van der Waals surface area contributed by atoms with Crippen molar-refractivity contribution >= 4 is 11.7 Å². The van der Waals surface area contributed by atoms with Crippen LogP contribution in [0.2, 0.25) is 0 Å². The Kier molecular flexibility index (Phi) is 5.96. The van der Waals surface area contributed by atoms with E-state index in [1.807, 2.05) is 18.3 Å². The summed E-state index contributed by atoms with van der Waals surface area (Å²) in [7, 11) is 3.41. The first-order valence-corrected chi connectivity index (χ1v) is 11.4. The molecule has 0 bridgehead atoms. The van der Waals surface area contributed by atoms with Crippen molar-refractivity contribution in [2.75, 3.05) is 14.1 Å². The second-order valence-electron chi connectivity index (χ2n) is 9.02. The first-order valence-electron chi connectivity index (χ1n) is 11.4. The molecular formula is C23H25N11O2. The van der Waals surface area contributed by atoms with Gasteiger partial charge in [0.25, 0.3) is 5.89 Å². The second-order valence-corrected chi connectivity index (χ2v) is 9.02. The molecule has 13 heteroatoms. The highest BCUT2D eigenvalue weighted by atomic mass is 16.5. The number of carbonyl (C=O) groups excluding carboxylic acids is 1. The lowest BCUT2D eigenvalue weighted by Crippen LogP contribution is -2.28. The maximum absolute atomic E-state index is 12.0. The first-order chi connectivity index (χ1) is 17.4. The van der Waals surface area contributed by atoms with E-state index < -0.39 is 5.41 Å². The Morgan fingerprint density at radius 1 is 1.17 bits per heavy atom. The number of carbonyl (C=O) groups is 1. The normalized spacial score (nSPS) is 15.2. The van der Waals surface area contributed by atoms with E-state index >= 15 is 0 Å². The van der Waals surface area contributed by atoms with Crippen LogP contribution in [0.25, 0.3) is 22.8 Å². The number of rotatable bonds is 8. The van der Waals surface area contributed by atoms with E-state index in [1.165, 1.54) is 11.1 Å². The molecule has 4 aromatic rings. The van der Waals surface area contributed by atoms with Crippen molar-refractivity contribution in [3.8, 4) is 22.8 Å². The van der Waals surface area contributed by atoms with Crippen molar-refractivity contribution in [2.45, 2.75) is 31.7 Å². The van der Waals surface area contributed by atoms with Crippen LogP contribution in [-0.2, 0) is 16.8 Å². The molecule has 0 radical (unpaired) electrons. The van der Waals surface area contributed by atoms with Gasteiger partial charge in [-0.2, -0.15) is 10.1 Å². The van der Waals surface area contributed by atoms with E-state index in [9.17, 15) is 4.79 Å². The number of aromatic nitrogens is 7. The fourth-order valence-corrected chi connectivity index (χ4v) is 4.02. The van der Waals surface area contributed by atoms with E-state index in [2.05, 4.69) is 42.5 Å². The Morgan fingerprint density at radius 3 is 2.61 bits per heavy atom. The number of amides is 1.